The van der Waals surface area contributed by atoms with Gasteiger partial charge in [-0.25, -0.2) is 0 Å². The van der Waals surface area contributed by atoms with Gasteiger partial charge in [0.25, 0.3) is 5.89 Å². The van der Waals surface area contributed by atoms with Crippen molar-refractivity contribution in [1.29, 1.82) is 0 Å². The third-order valence-corrected chi connectivity index (χ3v) is 3.90. The molecule has 106 valence electrons. The first-order chi connectivity index (χ1) is 9.68. The van der Waals surface area contributed by atoms with Gasteiger partial charge in [0, 0.05) is 31.7 Å². The molecule has 0 amide bonds. The molecule has 3 rings (SSSR count). The second-order valence-corrected chi connectivity index (χ2v) is 5.59. The van der Waals surface area contributed by atoms with Crippen molar-refractivity contribution < 1.29 is 4.52 Å². The number of hydrogen-bond donors (Lipinski definition) is 1. The standard InChI is InChI=1S/C15H20N4O/c1-15(2,19-10-8-16-9-11-19)14-17-13(20-18-14)12-6-4-3-5-7-12/h3-7,16H,8-11H2,1-2H3. The summed E-state index contributed by atoms with van der Waals surface area (Å²) in [6.45, 7) is 8.32. The molecule has 0 atom stereocenters. The molecule has 1 aliphatic heterocycles. The fourth-order valence-electron chi connectivity index (χ4n) is 2.54. The molecule has 2 heterocycles. The van der Waals surface area contributed by atoms with Crippen LogP contribution in [-0.4, -0.2) is 41.2 Å². The fraction of sp³-hybridized carbons (Fsp3) is 0.467. The van der Waals surface area contributed by atoms with E-state index in [1.165, 1.54) is 0 Å². The van der Waals surface area contributed by atoms with Crippen LogP contribution in [0.4, 0.5) is 0 Å². The van der Waals surface area contributed by atoms with E-state index >= 15 is 0 Å². The van der Waals surface area contributed by atoms with Gasteiger partial charge in [-0.15, -0.1) is 0 Å². The van der Waals surface area contributed by atoms with Gasteiger partial charge < -0.3 is 9.84 Å². The van der Waals surface area contributed by atoms with Crippen LogP contribution in [0.3, 0.4) is 0 Å². The van der Waals surface area contributed by atoms with Crippen LogP contribution in [0.25, 0.3) is 11.5 Å². The zero-order valence-corrected chi connectivity index (χ0v) is 12.0. The number of nitrogens with one attached hydrogen (secondary N) is 1. The average Bonchev–Trinajstić information content (AvgIpc) is 3.00. The largest absolute Gasteiger partial charge is 0.334 e. The van der Waals surface area contributed by atoms with E-state index in [0.717, 1.165) is 37.6 Å². The summed E-state index contributed by atoms with van der Waals surface area (Å²) in [5, 5.41) is 7.55. The molecule has 1 aliphatic rings. The Labute approximate surface area is 119 Å². The van der Waals surface area contributed by atoms with Gasteiger partial charge >= 0.3 is 0 Å². The van der Waals surface area contributed by atoms with Crippen molar-refractivity contribution in [3.63, 3.8) is 0 Å². The molecule has 0 saturated carbocycles. The van der Waals surface area contributed by atoms with E-state index < -0.39 is 0 Å². The third kappa shape index (κ3) is 2.46. The molecule has 1 aromatic heterocycles. The van der Waals surface area contributed by atoms with Crippen LogP contribution in [0.1, 0.15) is 19.7 Å². The van der Waals surface area contributed by atoms with Crippen LogP contribution in [0, 0.1) is 0 Å². The fourth-order valence-corrected chi connectivity index (χ4v) is 2.54. The maximum Gasteiger partial charge on any atom is 0.257 e. The monoisotopic (exact) mass is 272 g/mol. The second kappa shape index (κ2) is 5.34. The number of hydrogen-bond acceptors (Lipinski definition) is 5. The van der Waals surface area contributed by atoms with Gasteiger partial charge in [0.1, 0.15) is 0 Å². The highest BCUT2D eigenvalue weighted by molar-refractivity contribution is 5.52. The van der Waals surface area contributed by atoms with Gasteiger partial charge in [0.2, 0.25) is 0 Å². The highest BCUT2D eigenvalue weighted by Crippen LogP contribution is 2.27. The zero-order valence-electron chi connectivity index (χ0n) is 12.0. The first-order valence-electron chi connectivity index (χ1n) is 7.03. The van der Waals surface area contributed by atoms with Crippen LogP contribution in [0.2, 0.25) is 0 Å². The lowest BCUT2D eigenvalue weighted by atomic mass is 10.0. The number of rotatable bonds is 3. The molecule has 0 bridgehead atoms. The Bertz CT molecular complexity index is 558. The summed E-state index contributed by atoms with van der Waals surface area (Å²) in [6.07, 6.45) is 0. The van der Waals surface area contributed by atoms with Crippen LogP contribution >= 0.6 is 0 Å². The summed E-state index contributed by atoms with van der Waals surface area (Å²) in [5.41, 5.74) is 0.751. The maximum absolute atomic E-state index is 5.42. The SMILES string of the molecule is CC(C)(c1noc(-c2ccccc2)n1)N1CCNCC1. The molecule has 2 aromatic rings. The van der Waals surface area contributed by atoms with Crippen molar-refractivity contribution in [2.45, 2.75) is 19.4 Å². The van der Waals surface area contributed by atoms with Crippen molar-refractivity contribution in [1.82, 2.24) is 20.4 Å². The molecule has 5 heteroatoms. The number of aromatic nitrogens is 2. The minimum Gasteiger partial charge on any atom is -0.334 e. The molecular weight excluding hydrogens is 252 g/mol. The lowest BCUT2D eigenvalue weighted by Crippen LogP contribution is -2.52. The maximum atomic E-state index is 5.42. The molecule has 1 N–H and O–H groups in total. The summed E-state index contributed by atoms with van der Waals surface area (Å²) >= 11 is 0. The highest BCUT2D eigenvalue weighted by atomic mass is 16.5. The van der Waals surface area contributed by atoms with Crippen molar-refractivity contribution in [3.8, 4) is 11.5 Å². The predicted octanol–water partition coefficient (Wildman–Crippen LogP) is 1.88. The van der Waals surface area contributed by atoms with Gasteiger partial charge in [-0.1, -0.05) is 23.4 Å². The lowest BCUT2D eigenvalue weighted by Gasteiger charge is -2.38. The summed E-state index contributed by atoms with van der Waals surface area (Å²) in [6, 6.07) is 9.89. The molecule has 5 nitrogen and oxygen atoms in total. The Morgan fingerprint density at radius 3 is 2.55 bits per heavy atom. The van der Waals surface area contributed by atoms with Gasteiger partial charge in [0.15, 0.2) is 5.82 Å². The number of nitrogens with zero attached hydrogens (tertiary/aromatic N) is 3. The van der Waals surface area contributed by atoms with E-state index in [1.807, 2.05) is 30.3 Å². The Kier molecular flexibility index (Phi) is 3.54. The minimum absolute atomic E-state index is 0.210. The second-order valence-electron chi connectivity index (χ2n) is 5.59. The van der Waals surface area contributed by atoms with Crippen molar-refractivity contribution >= 4 is 0 Å². The third-order valence-electron chi connectivity index (χ3n) is 3.90. The van der Waals surface area contributed by atoms with Crippen molar-refractivity contribution in [3.05, 3.63) is 36.2 Å². The van der Waals surface area contributed by atoms with E-state index in [0.29, 0.717) is 5.89 Å². The van der Waals surface area contributed by atoms with E-state index in [4.69, 9.17) is 4.52 Å². The van der Waals surface area contributed by atoms with E-state index in [2.05, 4.69) is 34.2 Å². The molecule has 20 heavy (non-hydrogen) atoms. The Morgan fingerprint density at radius 2 is 1.85 bits per heavy atom. The Balaban J connectivity index is 1.85. The van der Waals surface area contributed by atoms with Crippen LogP contribution in [0.15, 0.2) is 34.9 Å². The molecule has 1 saturated heterocycles. The average molecular weight is 272 g/mol. The van der Waals surface area contributed by atoms with E-state index in [1.54, 1.807) is 0 Å². The van der Waals surface area contributed by atoms with Gasteiger partial charge in [-0.2, -0.15) is 4.98 Å². The molecule has 0 spiro atoms. The van der Waals surface area contributed by atoms with Gasteiger partial charge in [-0.05, 0) is 26.0 Å². The highest BCUT2D eigenvalue weighted by Gasteiger charge is 2.34. The zero-order chi connectivity index (χ0) is 14.0. The van der Waals surface area contributed by atoms with Crippen molar-refractivity contribution in [2.24, 2.45) is 0 Å². The quantitative estimate of drug-likeness (QED) is 0.924. The van der Waals surface area contributed by atoms with E-state index in [-0.39, 0.29) is 5.54 Å². The van der Waals surface area contributed by atoms with Gasteiger partial charge in [0.05, 0.1) is 5.54 Å². The summed E-state index contributed by atoms with van der Waals surface area (Å²) in [7, 11) is 0. The first kappa shape index (κ1) is 13.3. The summed E-state index contributed by atoms with van der Waals surface area (Å²) in [4.78, 5) is 6.98. The lowest BCUT2D eigenvalue weighted by molar-refractivity contribution is 0.0925. The van der Waals surface area contributed by atoms with E-state index in [9.17, 15) is 0 Å². The molecular formula is C15H20N4O. The molecule has 0 aliphatic carbocycles. The predicted molar refractivity (Wildman–Crippen MR) is 77.2 cm³/mol. The molecule has 1 fully saturated rings. The van der Waals surface area contributed by atoms with Crippen molar-refractivity contribution in [2.75, 3.05) is 26.2 Å². The molecule has 0 unspecified atom stereocenters. The smallest absolute Gasteiger partial charge is 0.257 e. The van der Waals surface area contributed by atoms with Crippen LogP contribution in [-0.2, 0) is 5.54 Å². The topological polar surface area (TPSA) is 54.2 Å². The molecule has 0 radical (unpaired) electrons. The van der Waals surface area contributed by atoms with Gasteiger partial charge in [-0.3, -0.25) is 4.90 Å². The number of piperazine rings is 1. The normalized spacial score (nSPS) is 17.3. The molecule has 1 aromatic carbocycles. The number of benzene rings is 1. The summed E-state index contributed by atoms with van der Waals surface area (Å²) < 4.78 is 5.42. The first-order valence-corrected chi connectivity index (χ1v) is 7.03. The Hall–Kier alpha value is -1.72. The summed E-state index contributed by atoms with van der Waals surface area (Å²) in [5.74, 6) is 1.34. The van der Waals surface area contributed by atoms with Crippen LogP contribution in [0.5, 0.6) is 0 Å². The van der Waals surface area contributed by atoms with Crippen LogP contribution < -0.4 is 5.32 Å². The Morgan fingerprint density at radius 1 is 1.15 bits per heavy atom. The minimum atomic E-state index is -0.210.